The Balaban J connectivity index is 1.61. The van der Waals surface area contributed by atoms with Crippen LogP contribution < -0.4 is 4.72 Å². The van der Waals surface area contributed by atoms with Gasteiger partial charge in [-0.3, -0.25) is 0 Å². The molecule has 5 nitrogen and oxygen atoms in total. The van der Waals surface area contributed by atoms with E-state index in [0.717, 1.165) is 25.5 Å². The van der Waals surface area contributed by atoms with Gasteiger partial charge in [-0.05, 0) is 56.3 Å². The zero-order valence-electron chi connectivity index (χ0n) is 12.4. The lowest BCUT2D eigenvalue weighted by molar-refractivity contribution is -0.182. The van der Waals surface area contributed by atoms with Crippen molar-refractivity contribution in [3.8, 4) is 0 Å². The normalized spacial score (nSPS) is 37.5. The van der Waals surface area contributed by atoms with Crippen LogP contribution in [0.5, 0.6) is 0 Å². The molecule has 0 aromatic heterocycles. The molecule has 21 heavy (non-hydrogen) atoms. The van der Waals surface area contributed by atoms with E-state index in [1.54, 1.807) is 0 Å². The van der Waals surface area contributed by atoms with Crippen molar-refractivity contribution in [2.75, 3.05) is 12.8 Å². The van der Waals surface area contributed by atoms with Crippen molar-refractivity contribution in [3.63, 3.8) is 0 Å². The highest BCUT2D eigenvalue weighted by atomic mass is 32.2. The molecule has 0 amide bonds. The first-order valence-corrected chi connectivity index (χ1v) is 9.50. The third-order valence-corrected chi connectivity index (χ3v) is 5.80. The van der Waals surface area contributed by atoms with Gasteiger partial charge in [0.1, 0.15) is 5.60 Å². The second-order valence-electron chi connectivity index (χ2n) is 7.19. The molecule has 4 rings (SSSR count). The van der Waals surface area contributed by atoms with E-state index < -0.39 is 16.0 Å². The number of rotatable bonds is 5. The maximum atomic E-state index is 12.2. The molecule has 0 radical (unpaired) electrons. The largest absolute Gasteiger partial charge is 0.456 e. The summed E-state index contributed by atoms with van der Waals surface area (Å²) >= 11 is 0. The molecule has 0 atom stereocenters. The van der Waals surface area contributed by atoms with Crippen LogP contribution in [0, 0.1) is 17.8 Å². The number of carbonyl (C=O) groups is 1. The van der Waals surface area contributed by atoms with Crippen LogP contribution in [0.1, 0.15) is 38.5 Å². The minimum atomic E-state index is -3.32. The number of hydrogen-bond acceptors (Lipinski definition) is 4. The SMILES string of the molecule is C=C(CNS(C)(=O)=O)C(=O)OC12CC3CC(CC(C3)C1)C2. The second-order valence-corrected chi connectivity index (χ2v) is 9.02. The van der Waals surface area contributed by atoms with Crippen molar-refractivity contribution >= 4 is 16.0 Å². The molecule has 0 aliphatic heterocycles. The Bertz CT molecular complexity index is 531. The lowest BCUT2D eigenvalue weighted by Gasteiger charge is -2.55. The first-order chi connectivity index (χ1) is 9.75. The Morgan fingerprint density at radius 2 is 1.67 bits per heavy atom. The maximum absolute atomic E-state index is 12.2. The Hall–Kier alpha value is -0.880. The van der Waals surface area contributed by atoms with Crippen LogP contribution in [0.25, 0.3) is 0 Å². The summed E-state index contributed by atoms with van der Waals surface area (Å²) in [5.74, 6) is 1.65. The van der Waals surface area contributed by atoms with Gasteiger partial charge in [-0.15, -0.1) is 0 Å². The summed E-state index contributed by atoms with van der Waals surface area (Å²) in [6, 6.07) is 0. The van der Waals surface area contributed by atoms with Gasteiger partial charge in [-0.25, -0.2) is 17.9 Å². The van der Waals surface area contributed by atoms with Gasteiger partial charge in [0, 0.05) is 12.1 Å². The maximum Gasteiger partial charge on any atom is 0.335 e. The molecule has 4 aliphatic rings. The lowest BCUT2D eigenvalue weighted by Crippen LogP contribution is -2.53. The highest BCUT2D eigenvalue weighted by Gasteiger charge is 2.53. The lowest BCUT2D eigenvalue weighted by atomic mass is 9.54. The van der Waals surface area contributed by atoms with Gasteiger partial charge in [-0.1, -0.05) is 6.58 Å². The molecule has 0 unspecified atom stereocenters. The summed E-state index contributed by atoms with van der Waals surface area (Å²) in [5.41, 5.74) is -0.129. The van der Waals surface area contributed by atoms with Crippen LogP contribution in [0.4, 0.5) is 0 Å². The third-order valence-electron chi connectivity index (χ3n) is 5.13. The molecule has 4 fully saturated rings. The molecule has 0 spiro atoms. The molecule has 1 N–H and O–H groups in total. The minimum Gasteiger partial charge on any atom is -0.456 e. The van der Waals surface area contributed by atoms with Crippen molar-refractivity contribution in [2.24, 2.45) is 17.8 Å². The predicted molar refractivity (Wildman–Crippen MR) is 79.0 cm³/mol. The van der Waals surface area contributed by atoms with E-state index in [9.17, 15) is 13.2 Å². The van der Waals surface area contributed by atoms with Crippen LogP contribution in [-0.2, 0) is 19.6 Å². The Morgan fingerprint density at radius 1 is 1.19 bits per heavy atom. The Morgan fingerprint density at radius 3 is 2.10 bits per heavy atom. The van der Waals surface area contributed by atoms with Crippen LogP contribution in [0.3, 0.4) is 0 Å². The summed E-state index contributed by atoms with van der Waals surface area (Å²) in [5, 5.41) is 0. The van der Waals surface area contributed by atoms with Crippen LogP contribution >= 0.6 is 0 Å². The monoisotopic (exact) mass is 313 g/mol. The second kappa shape index (κ2) is 5.09. The number of ether oxygens (including phenoxy) is 1. The van der Waals surface area contributed by atoms with Gasteiger partial charge in [0.05, 0.1) is 6.26 Å². The van der Waals surface area contributed by atoms with E-state index in [4.69, 9.17) is 4.74 Å². The van der Waals surface area contributed by atoms with E-state index in [2.05, 4.69) is 11.3 Å². The van der Waals surface area contributed by atoms with Gasteiger partial charge < -0.3 is 4.74 Å². The van der Waals surface area contributed by atoms with Gasteiger partial charge in [-0.2, -0.15) is 0 Å². The fraction of sp³-hybridized carbons (Fsp3) is 0.800. The highest BCUT2D eigenvalue weighted by molar-refractivity contribution is 7.88. The smallest absolute Gasteiger partial charge is 0.335 e. The molecule has 4 bridgehead atoms. The zero-order chi connectivity index (χ0) is 15.3. The van der Waals surface area contributed by atoms with Crippen molar-refractivity contribution in [1.29, 1.82) is 0 Å². The van der Waals surface area contributed by atoms with Crippen molar-refractivity contribution in [1.82, 2.24) is 4.72 Å². The Labute approximate surface area is 126 Å². The van der Waals surface area contributed by atoms with E-state index in [1.165, 1.54) is 19.3 Å². The fourth-order valence-corrected chi connectivity index (χ4v) is 5.15. The molecule has 118 valence electrons. The van der Waals surface area contributed by atoms with E-state index >= 15 is 0 Å². The average Bonchev–Trinajstić information content (AvgIpc) is 2.32. The summed E-state index contributed by atoms with van der Waals surface area (Å²) in [7, 11) is -3.32. The summed E-state index contributed by atoms with van der Waals surface area (Å²) < 4.78 is 30.2. The van der Waals surface area contributed by atoms with Crippen LogP contribution in [-0.4, -0.2) is 32.8 Å². The Kier molecular flexibility index (Phi) is 3.64. The van der Waals surface area contributed by atoms with Crippen molar-refractivity contribution in [2.45, 2.75) is 44.1 Å². The quantitative estimate of drug-likeness (QED) is 0.618. The number of nitrogens with one attached hydrogen (secondary N) is 1. The molecule has 6 heteroatoms. The third kappa shape index (κ3) is 3.31. The highest BCUT2D eigenvalue weighted by Crippen LogP contribution is 2.57. The van der Waals surface area contributed by atoms with Gasteiger partial charge in [0.2, 0.25) is 10.0 Å². The molecule has 4 saturated carbocycles. The molecular weight excluding hydrogens is 290 g/mol. The first-order valence-electron chi connectivity index (χ1n) is 7.60. The number of sulfonamides is 1. The molecule has 0 saturated heterocycles. The molecule has 0 heterocycles. The van der Waals surface area contributed by atoms with E-state index in [1.807, 2.05) is 0 Å². The van der Waals surface area contributed by atoms with Gasteiger partial charge in [0.15, 0.2) is 0 Å². The number of carbonyl (C=O) groups excluding carboxylic acids is 1. The number of hydrogen-bond donors (Lipinski definition) is 1. The summed E-state index contributed by atoms with van der Waals surface area (Å²) in [4.78, 5) is 12.2. The van der Waals surface area contributed by atoms with E-state index in [0.29, 0.717) is 17.8 Å². The standard InChI is InChI=1S/C15H23NO4S/c1-10(9-16-21(2,18)19)14(17)20-15-6-11-3-12(7-15)5-13(4-11)8-15/h11-13,16H,1,3-9H2,2H3. The fourth-order valence-electron chi connectivity index (χ4n) is 4.72. The van der Waals surface area contributed by atoms with Crippen molar-refractivity contribution < 1.29 is 17.9 Å². The molecule has 0 aromatic rings. The first kappa shape index (κ1) is 15.0. The summed E-state index contributed by atoms with van der Waals surface area (Å²) in [6.07, 6.45) is 7.82. The molecular formula is C15H23NO4S. The minimum absolute atomic E-state index is 0.0793. The summed E-state index contributed by atoms with van der Waals surface area (Å²) in [6.45, 7) is 3.58. The van der Waals surface area contributed by atoms with Gasteiger partial charge in [0.25, 0.3) is 0 Å². The zero-order valence-corrected chi connectivity index (χ0v) is 13.2. The molecule has 0 aromatic carbocycles. The van der Waals surface area contributed by atoms with Gasteiger partial charge >= 0.3 is 5.97 Å². The number of esters is 1. The topological polar surface area (TPSA) is 72.5 Å². The van der Waals surface area contributed by atoms with Crippen LogP contribution in [0.2, 0.25) is 0 Å². The van der Waals surface area contributed by atoms with E-state index in [-0.39, 0.29) is 17.7 Å². The predicted octanol–water partition coefficient (Wildman–Crippen LogP) is 1.60. The van der Waals surface area contributed by atoms with Crippen molar-refractivity contribution in [3.05, 3.63) is 12.2 Å². The van der Waals surface area contributed by atoms with Crippen LogP contribution in [0.15, 0.2) is 12.2 Å². The average molecular weight is 313 g/mol. The molecule has 4 aliphatic carbocycles.